The molecule has 0 spiro atoms. The van der Waals surface area contributed by atoms with Crippen molar-refractivity contribution in [3.05, 3.63) is 130 Å². The van der Waals surface area contributed by atoms with E-state index in [4.69, 9.17) is 16.3 Å². The number of ether oxygens (including phenoxy) is 1. The molecule has 4 aromatic rings. The molecule has 0 aliphatic rings. The molecule has 0 aromatic heterocycles. The Balaban J connectivity index is 1.45. The molecule has 226 valence electrons. The van der Waals surface area contributed by atoms with Crippen molar-refractivity contribution in [1.29, 1.82) is 0 Å². The number of amides is 1. The fourth-order valence-electron chi connectivity index (χ4n) is 4.41. The maximum absolute atomic E-state index is 13.5. The second kappa shape index (κ2) is 15.1. The molecule has 0 aliphatic heterocycles. The lowest BCUT2D eigenvalue weighted by Crippen LogP contribution is -2.48. The molecular weight excluding hydrogens is 593 g/mol. The molecule has 4 rings (SSSR count). The zero-order valence-corrected chi connectivity index (χ0v) is 25.0. The number of sulfonamides is 1. The largest absolute Gasteiger partial charge is 0.497 e. The van der Waals surface area contributed by atoms with Crippen LogP contribution in [0.2, 0.25) is 5.02 Å². The number of hydrogen-bond donors (Lipinski definition) is 4. The van der Waals surface area contributed by atoms with Crippen LogP contribution in [0.3, 0.4) is 0 Å². The van der Waals surface area contributed by atoms with Gasteiger partial charge in [-0.2, -0.15) is 0 Å². The first-order valence-electron chi connectivity index (χ1n) is 13.5. The average molecular weight is 626 g/mol. The molecule has 43 heavy (non-hydrogen) atoms. The van der Waals surface area contributed by atoms with E-state index in [1.807, 2.05) is 24.3 Å². The molecule has 0 fully saturated rings. The fourth-order valence-corrected chi connectivity index (χ4v) is 5.69. The van der Waals surface area contributed by atoms with Gasteiger partial charge in [-0.25, -0.2) is 17.5 Å². The van der Waals surface area contributed by atoms with Crippen molar-refractivity contribution >= 4 is 27.5 Å². The maximum atomic E-state index is 13.5. The molecule has 4 aromatic carbocycles. The second-order valence-electron chi connectivity index (χ2n) is 9.94. The molecular formula is C32H33ClFN3O5S. The standard InChI is InChI=1S/C32H33ClFN3O5S/c1-42-28-9-3-6-24(16-28)19-35-21-31(38)30(17-22-11-13-27(34)14-12-22)37-32(39)25-7-4-10-29(18-25)43(40,41)36-20-23-5-2-8-26(33)15-23/h2-16,18,30-31,35-36,38H,17,19-21H2,1H3,(H,37,39)/t30-,31-/m0/s1. The highest BCUT2D eigenvalue weighted by atomic mass is 35.5. The van der Waals surface area contributed by atoms with Crippen molar-refractivity contribution < 1.29 is 27.4 Å². The summed E-state index contributed by atoms with van der Waals surface area (Å²) >= 11 is 5.99. The third kappa shape index (κ3) is 9.60. The summed E-state index contributed by atoms with van der Waals surface area (Å²) in [6, 6.07) is 25.0. The fraction of sp³-hybridized carbons (Fsp3) is 0.219. The number of hydrogen-bond acceptors (Lipinski definition) is 6. The summed E-state index contributed by atoms with van der Waals surface area (Å²) in [5, 5.41) is 17.6. The lowest BCUT2D eigenvalue weighted by atomic mass is 10.00. The number of nitrogens with one attached hydrogen (secondary N) is 3. The number of methoxy groups -OCH3 is 1. The van der Waals surface area contributed by atoms with Crippen LogP contribution >= 0.6 is 11.6 Å². The third-order valence-corrected chi connectivity index (χ3v) is 8.36. The quantitative estimate of drug-likeness (QED) is 0.164. The van der Waals surface area contributed by atoms with E-state index in [1.54, 1.807) is 43.5 Å². The third-order valence-electron chi connectivity index (χ3n) is 6.73. The van der Waals surface area contributed by atoms with Crippen molar-refractivity contribution in [3.63, 3.8) is 0 Å². The van der Waals surface area contributed by atoms with Crippen LogP contribution in [0, 0.1) is 5.82 Å². The molecule has 0 unspecified atom stereocenters. The molecule has 0 saturated heterocycles. The second-order valence-corrected chi connectivity index (χ2v) is 12.1. The van der Waals surface area contributed by atoms with Gasteiger partial charge < -0.3 is 20.5 Å². The van der Waals surface area contributed by atoms with Crippen LogP contribution in [0.1, 0.15) is 27.0 Å². The normalized spacial score (nSPS) is 12.8. The molecule has 8 nitrogen and oxygen atoms in total. The molecule has 0 aliphatic carbocycles. The maximum Gasteiger partial charge on any atom is 0.251 e. The van der Waals surface area contributed by atoms with Crippen LogP contribution in [0.4, 0.5) is 4.39 Å². The summed E-state index contributed by atoms with van der Waals surface area (Å²) in [6.07, 6.45) is -0.807. The van der Waals surface area contributed by atoms with Crippen molar-refractivity contribution in [1.82, 2.24) is 15.4 Å². The number of halogens is 2. The number of benzene rings is 4. The van der Waals surface area contributed by atoms with Crippen molar-refractivity contribution in [3.8, 4) is 5.75 Å². The summed E-state index contributed by atoms with van der Waals surface area (Å²) < 4.78 is 47.2. The van der Waals surface area contributed by atoms with Crippen molar-refractivity contribution in [2.24, 2.45) is 0 Å². The van der Waals surface area contributed by atoms with Crippen LogP contribution in [0.15, 0.2) is 102 Å². The first-order valence-corrected chi connectivity index (χ1v) is 15.4. The summed E-state index contributed by atoms with van der Waals surface area (Å²) in [5.41, 5.74) is 2.45. The van der Waals surface area contributed by atoms with Gasteiger partial charge >= 0.3 is 0 Å². The predicted molar refractivity (Wildman–Crippen MR) is 164 cm³/mol. The average Bonchev–Trinajstić information content (AvgIpc) is 3.01. The smallest absolute Gasteiger partial charge is 0.251 e. The van der Waals surface area contributed by atoms with Crippen LogP contribution in [-0.4, -0.2) is 45.2 Å². The molecule has 0 bridgehead atoms. The lowest BCUT2D eigenvalue weighted by molar-refractivity contribution is 0.0829. The van der Waals surface area contributed by atoms with Gasteiger partial charge in [0.1, 0.15) is 11.6 Å². The Hall–Kier alpha value is -3.80. The van der Waals surface area contributed by atoms with E-state index in [0.29, 0.717) is 28.4 Å². The summed E-state index contributed by atoms with van der Waals surface area (Å²) in [6.45, 7) is 0.618. The van der Waals surface area contributed by atoms with E-state index in [2.05, 4.69) is 15.4 Å². The Bertz CT molecular complexity index is 1640. The van der Waals surface area contributed by atoms with Gasteiger partial charge in [0, 0.05) is 30.2 Å². The predicted octanol–water partition coefficient (Wildman–Crippen LogP) is 4.46. The summed E-state index contributed by atoms with van der Waals surface area (Å²) in [4.78, 5) is 13.2. The first kappa shape index (κ1) is 32.1. The van der Waals surface area contributed by atoms with E-state index in [-0.39, 0.29) is 30.0 Å². The Morgan fingerprint density at radius 3 is 2.33 bits per heavy atom. The summed E-state index contributed by atoms with van der Waals surface area (Å²) in [5.74, 6) is -0.247. The van der Waals surface area contributed by atoms with Crippen molar-refractivity contribution in [2.75, 3.05) is 13.7 Å². The highest BCUT2D eigenvalue weighted by Crippen LogP contribution is 2.16. The minimum absolute atomic E-state index is 0.0218. The van der Waals surface area contributed by atoms with Gasteiger partial charge in [0.05, 0.1) is 24.2 Å². The van der Waals surface area contributed by atoms with Crippen LogP contribution in [0.25, 0.3) is 0 Å². The Morgan fingerprint density at radius 1 is 0.907 bits per heavy atom. The number of aliphatic hydroxyl groups is 1. The SMILES string of the molecule is COc1cccc(CNC[C@H](O)[C@H](Cc2ccc(F)cc2)NC(=O)c2cccc(S(=O)(=O)NCc3cccc(Cl)c3)c2)c1. The minimum atomic E-state index is -3.95. The minimum Gasteiger partial charge on any atom is -0.497 e. The Labute approximate surface area is 255 Å². The van der Waals surface area contributed by atoms with E-state index in [9.17, 15) is 22.7 Å². The number of aliphatic hydroxyl groups excluding tert-OH is 1. The van der Waals surface area contributed by atoms with Gasteiger partial charge in [-0.15, -0.1) is 0 Å². The number of carbonyl (C=O) groups excluding carboxylic acids is 1. The topological polar surface area (TPSA) is 117 Å². The first-order chi connectivity index (χ1) is 20.6. The van der Waals surface area contributed by atoms with Gasteiger partial charge in [0.25, 0.3) is 5.91 Å². The van der Waals surface area contributed by atoms with Gasteiger partial charge in [-0.05, 0) is 77.7 Å². The molecule has 2 atom stereocenters. The van der Waals surface area contributed by atoms with E-state index >= 15 is 0 Å². The van der Waals surface area contributed by atoms with Gasteiger partial charge in [-0.1, -0.05) is 54.1 Å². The number of rotatable bonds is 14. The Morgan fingerprint density at radius 2 is 1.60 bits per heavy atom. The molecule has 4 N–H and O–H groups in total. The highest BCUT2D eigenvalue weighted by Gasteiger charge is 2.24. The highest BCUT2D eigenvalue weighted by molar-refractivity contribution is 7.89. The summed E-state index contributed by atoms with van der Waals surface area (Å²) in [7, 11) is -2.36. The lowest BCUT2D eigenvalue weighted by Gasteiger charge is -2.25. The van der Waals surface area contributed by atoms with Gasteiger partial charge in [0.2, 0.25) is 10.0 Å². The van der Waals surface area contributed by atoms with Crippen LogP contribution in [-0.2, 0) is 29.5 Å². The molecule has 0 radical (unpaired) electrons. The Kier molecular flexibility index (Phi) is 11.3. The van der Waals surface area contributed by atoms with Crippen molar-refractivity contribution in [2.45, 2.75) is 36.6 Å². The van der Waals surface area contributed by atoms with E-state index < -0.39 is 33.9 Å². The molecule has 11 heteroatoms. The van der Waals surface area contributed by atoms with Gasteiger partial charge in [0.15, 0.2) is 0 Å². The van der Waals surface area contributed by atoms with Gasteiger partial charge in [-0.3, -0.25) is 4.79 Å². The zero-order valence-electron chi connectivity index (χ0n) is 23.5. The van der Waals surface area contributed by atoms with E-state index in [0.717, 1.165) is 5.56 Å². The molecule has 0 saturated carbocycles. The zero-order chi connectivity index (χ0) is 30.8. The monoisotopic (exact) mass is 625 g/mol. The van der Waals surface area contributed by atoms with Crippen LogP contribution < -0.4 is 20.1 Å². The number of carbonyl (C=O) groups is 1. The molecule has 0 heterocycles. The van der Waals surface area contributed by atoms with Crippen LogP contribution in [0.5, 0.6) is 5.75 Å². The molecule has 1 amide bonds. The van der Waals surface area contributed by atoms with E-state index in [1.165, 1.54) is 36.4 Å².